The summed E-state index contributed by atoms with van der Waals surface area (Å²) in [5.74, 6) is -2.29. The normalized spacial score (nSPS) is 19.7. The van der Waals surface area contributed by atoms with E-state index in [-0.39, 0.29) is 78.9 Å². The fourth-order valence-corrected chi connectivity index (χ4v) is 7.41. The monoisotopic (exact) mass is 667 g/mol. The summed E-state index contributed by atoms with van der Waals surface area (Å²) in [6.07, 6.45) is 1.78. The van der Waals surface area contributed by atoms with Gasteiger partial charge in [-0.05, 0) is 37.6 Å². The van der Waals surface area contributed by atoms with Crippen molar-refractivity contribution in [2.45, 2.75) is 131 Å². The van der Waals surface area contributed by atoms with E-state index in [9.17, 15) is 24.0 Å². The molecule has 0 aromatic rings. The number of Topliss-reactive ketones (excluding diaryl/α,β-unsaturated/α-hetero) is 2. The van der Waals surface area contributed by atoms with Gasteiger partial charge in [-0.2, -0.15) is 0 Å². The number of methoxy groups -OCH3 is 2. The Hall–Kier alpha value is -2.37. The molecule has 1 heterocycles. The molecule has 0 aromatic heterocycles. The van der Waals surface area contributed by atoms with Crippen LogP contribution in [0, 0.1) is 29.6 Å². The SMILES string of the molecule is CCC(=O)[C@H](C)[C@@H](OC)[C@@H]1CCCN1C(=O)C[C@@H](OC)[C@H]([C@@H](C)CC)N(C)C(=O)[C@@H](CC(=O)[C@H](C(C)C)N(C)CCC(=O)O)C(C)C. The van der Waals surface area contributed by atoms with Crippen LogP contribution < -0.4 is 0 Å². The van der Waals surface area contributed by atoms with Gasteiger partial charge in [-0.3, -0.25) is 28.9 Å². The topological polar surface area (TPSA) is 134 Å². The number of carboxylic acid groups (broad SMARTS) is 1. The van der Waals surface area contributed by atoms with Crippen molar-refractivity contribution in [3.63, 3.8) is 0 Å². The van der Waals surface area contributed by atoms with E-state index in [1.807, 2.05) is 60.3 Å². The molecule has 0 aromatic carbocycles. The zero-order valence-electron chi connectivity index (χ0n) is 31.3. The molecule has 11 nitrogen and oxygen atoms in total. The van der Waals surface area contributed by atoms with Gasteiger partial charge in [-0.15, -0.1) is 0 Å². The molecule has 272 valence electrons. The van der Waals surface area contributed by atoms with Crippen molar-refractivity contribution in [1.29, 1.82) is 0 Å². The van der Waals surface area contributed by atoms with Crippen molar-refractivity contribution < 1.29 is 38.6 Å². The van der Waals surface area contributed by atoms with Gasteiger partial charge in [0, 0.05) is 59.0 Å². The molecule has 1 aliphatic heterocycles. The van der Waals surface area contributed by atoms with Crippen LogP contribution in [0.3, 0.4) is 0 Å². The van der Waals surface area contributed by atoms with Crippen LogP contribution in [0.4, 0.5) is 0 Å². The van der Waals surface area contributed by atoms with Crippen LogP contribution in [0.1, 0.15) is 100 Å². The molecule has 1 fully saturated rings. The average Bonchev–Trinajstić information content (AvgIpc) is 3.50. The van der Waals surface area contributed by atoms with Crippen LogP contribution >= 0.6 is 0 Å². The zero-order valence-corrected chi connectivity index (χ0v) is 31.3. The minimum absolute atomic E-state index is 0.000857. The number of carbonyl (C=O) groups is 5. The van der Waals surface area contributed by atoms with Gasteiger partial charge < -0.3 is 24.4 Å². The minimum Gasteiger partial charge on any atom is -0.481 e. The summed E-state index contributed by atoms with van der Waals surface area (Å²) < 4.78 is 11.8. The molecule has 1 rings (SSSR count). The lowest BCUT2D eigenvalue weighted by molar-refractivity contribution is -0.149. The molecule has 0 spiro atoms. The maximum atomic E-state index is 14.3. The van der Waals surface area contributed by atoms with E-state index in [1.165, 1.54) is 0 Å². The average molecular weight is 668 g/mol. The molecule has 0 unspecified atom stereocenters. The fourth-order valence-electron chi connectivity index (χ4n) is 7.41. The van der Waals surface area contributed by atoms with E-state index in [0.717, 1.165) is 19.3 Å². The highest BCUT2D eigenvalue weighted by atomic mass is 16.5. The predicted octanol–water partition coefficient (Wildman–Crippen LogP) is 4.55. The first-order valence-electron chi connectivity index (χ1n) is 17.6. The lowest BCUT2D eigenvalue weighted by atomic mass is 9.83. The van der Waals surface area contributed by atoms with Crippen molar-refractivity contribution in [2.24, 2.45) is 29.6 Å². The van der Waals surface area contributed by atoms with Gasteiger partial charge in [-0.1, -0.05) is 61.8 Å². The number of rotatable bonds is 22. The Morgan fingerprint density at radius 1 is 0.894 bits per heavy atom. The number of ether oxygens (including phenoxy) is 2. The molecule has 0 saturated carbocycles. The highest BCUT2D eigenvalue weighted by molar-refractivity contribution is 5.90. The Balaban J connectivity index is 3.28. The smallest absolute Gasteiger partial charge is 0.304 e. The molecule has 1 N–H and O–H groups in total. The quantitative estimate of drug-likeness (QED) is 0.177. The van der Waals surface area contributed by atoms with Crippen molar-refractivity contribution in [1.82, 2.24) is 14.7 Å². The summed E-state index contributed by atoms with van der Waals surface area (Å²) >= 11 is 0. The Labute approximate surface area is 284 Å². The van der Waals surface area contributed by atoms with Gasteiger partial charge in [0.15, 0.2) is 5.78 Å². The Kier molecular flexibility index (Phi) is 18.3. The van der Waals surface area contributed by atoms with Crippen molar-refractivity contribution in [3.8, 4) is 0 Å². The number of likely N-dealkylation sites (tertiary alicyclic amines) is 1. The van der Waals surface area contributed by atoms with E-state index < -0.39 is 36.2 Å². The number of nitrogens with zero attached hydrogens (tertiary/aromatic N) is 3. The standard InChI is InChI=1S/C36H65N3O8/c1-13-24(7)34(30(46-11)21-31(42)39-18-15-16-27(39)35(47-12)25(8)28(40)14-2)38(10)36(45)26(22(3)4)20-29(41)33(23(5)6)37(9)19-17-32(43)44/h22-27,30,33-35H,13-21H2,1-12H3,(H,43,44)/t24-,25-,26-,27-,30+,33-,34-,35+/m0/s1. The summed E-state index contributed by atoms with van der Waals surface area (Å²) in [6.45, 7) is 16.3. The summed E-state index contributed by atoms with van der Waals surface area (Å²) in [5, 5.41) is 9.16. The van der Waals surface area contributed by atoms with Gasteiger partial charge >= 0.3 is 5.97 Å². The van der Waals surface area contributed by atoms with Crippen LogP contribution in [-0.2, 0) is 33.4 Å². The molecule has 1 aliphatic rings. The van der Waals surface area contributed by atoms with Crippen LogP contribution in [0.2, 0.25) is 0 Å². The van der Waals surface area contributed by atoms with E-state index >= 15 is 0 Å². The highest BCUT2D eigenvalue weighted by Crippen LogP contribution is 2.31. The third-order valence-electron chi connectivity index (χ3n) is 10.4. The molecule has 47 heavy (non-hydrogen) atoms. The molecule has 1 saturated heterocycles. The van der Waals surface area contributed by atoms with Crippen LogP contribution in [0.25, 0.3) is 0 Å². The second-order valence-corrected chi connectivity index (χ2v) is 14.2. The zero-order chi connectivity index (χ0) is 36.2. The number of carboxylic acids is 1. The predicted molar refractivity (Wildman–Crippen MR) is 183 cm³/mol. The number of amides is 2. The molecule has 0 aliphatic carbocycles. The number of hydrogen-bond acceptors (Lipinski definition) is 8. The number of likely N-dealkylation sites (N-methyl/N-ethyl adjacent to an activating group) is 2. The summed E-state index contributed by atoms with van der Waals surface area (Å²) in [5.41, 5.74) is 0. The third-order valence-corrected chi connectivity index (χ3v) is 10.4. The first-order chi connectivity index (χ1) is 22.0. The summed E-state index contributed by atoms with van der Waals surface area (Å²) in [6, 6.07) is -1.14. The molecule has 0 radical (unpaired) electrons. The summed E-state index contributed by atoms with van der Waals surface area (Å²) in [4.78, 5) is 70.9. The van der Waals surface area contributed by atoms with Crippen LogP contribution in [0.15, 0.2) is 0 Å². The number of carbonyl (C=O) groups excluding carboxylic acids is 4. The highest BCUT2D eigenvalue weighted by Gasteiger charge is 2.43. The Morgan fingerprint density at radius 2 is 1.51 bits per heavy atom. The molecular weight excluding hydrogens is 602 g/mol. The van der Waals surface area contributed by atoms with Gasteiger partial charge in [0.2, 0.25) is 11.8 Å². The van der Waals surface area contributed by atoms with Gasteiger partial charge in [0.25, 0.3) is 0 Å². The number of aliphatic carboxylic acids is 1. The van der Waals surface area contributed by atoms with Gasteiger partial charge in [-0.25, -0.2) is 0 Å². The largest absolute Gasteiger partial charge is 0.481 e. The Morgan fingerprint density at radius 3 is 1.98 bits per heavy atom. The van der Waals surface area contributed by atoms with Crippen molar-refractivity contribution in [2.75, 3.05) is 41.4 Å². The van der Waals surface area contributed by atoms with Crippen molar-refractivity contribution in [3.05, 3.63) is 0 Å². The first kappa shape index (κ1) is 42.7. The van der Waals surface area contributed by atoms with E-state index in [1.54, 1.807) is 38.1 Å². The maximum absolute atomic E-state index is 14.3. The van der Waals surface area contributed by atoms with Crippen LogP contribution in [0.5, 0.6) is 0 Å². The fraction of sp³-hybridized carbons (Fsp3) is 0.861. The third kappa shape index (κ3) is 11.6. The molecule has 8 atom stereocenters. The van der Waals surface area contributed by atoms with Crippen molar-refractivity contribution >= 4 is 29.4 Å². The molecule has 11 heteroatoms. The summed E-state index contributed by atoms with van der Waals surface area (Å²) in [7, 11) is 6.66. The van der Waals surface area contributed by atoms with Gasteiger partial charge in [0.1, 0.15) is 5.78 Å². The minimum atomic E-state index is -0.925. The number of hydrogen-bond donors (Lipinski definition) is 1. The molecular formula is C36H65N3O8. The van der Waals surface area contributed by atoms with Crippen LogP contribution in [-0.4, -0.2) is 121 Å². The van der Waals surface area contributed by atoms with E-state index in [2.05, 4.69) is 0 Å². The lowest BCUT2D eigenvalue weighted by Gasteiger charge is -2.41. The molecule has 0 bridgehead atoms. The first-order valence-corrected chi connectivity index (χ1v) is 17.6. The van der Waals surface area contributed by atoms with E-state index in [4.69, 9.17) is 14.6 Å². The second kappa shape index (κ2) is 20.2. The Bertz CT molecular complexity index is 1030. The van der Waals surface area contributed by atoms with E-state index in [0.29, 0.717) is 13.0 Å². The number of ketones is 2. The maximum Gasteiger partial charge on any atom is 0.304 e. The van der Waals surface area contributed by atoms with Gasteiger partial charge in [0.05, 0.1) is 43.2 Å². The second-order valence-electron chi connectivity index (χ2n) is 14.2. The lowest BCUT2D eigenvalue weighted by Crippen LogP contribution is -2.54. The molecule has 2 amide bonds.